The minimum Gasteiger partial charge on any atom is -0.422 e. The van der Waals surface area contributed by atoms with Gasteiger partial charge in [-0.1, -0.05) is 47.7 Å². The van der Waals surface area contributed by atoms with Crippen molar-refractivity contribution in [2.75, 3.05) is 0 Å². The zero-order valence-electron chi connectivity index (χ0n) is 17.1. The summed E-state index contributed by atoms with van der Waals surface area (Å²) in [5.41, 5.74) is 0.0279. The van der Waals surface area contributed by atoms with E-state index in [9.17, 15) is 19.7 Å². The second-order valence-electron chi connectivity index (χ2n) is 7.26. The molecule has 0 saturated heterocycles. The van der Waals surface area contributed by atoms with Crippen molar-refractivity contribution >= 4 is 54.9 Å². The maximum atomic E-state index is 13.1. The molecule has 0 fully saturated rings. The molecule has 3 aromatic carbocycles. The van der Waals surface area contributed by atoms with Crippen LogP contribution in [-0.4, -0.2) is 15.4 Å². The summed E-state index contributed by atoms with van der Waals surface area (Å²) in [5, 5.41) is 13.6. The van der Waals surface area contributed by atoms with Crippen LogP contribution in [0.2, 0.25) is 0 Å². The Hall–Kier alpha value is -4.37. The van der Waals surface area contributed by atoms with E-state index in [1.807, 2.05) is 30.3 Å². The number of carbonyl (C=O) groups excluding carboxylic acids is 1. The van der Waals surface area contributed by atoms with Crippen molar-refractivity contribution < 1.29 is 14.1 Å². The highest BCUT2D eigenvalue weighted by Crippen LogP contribution is 2.26. The molecule has 0 N–H and O–H groups in total. The van der Waals surface area contributed by atoms with Gasteiger partial charge in [0, 0.05) is 24.1 Å². The molecule has 0 bridgehead atoms. The van der Waals surface area contributed by atoms with E-state index in [-0.39, 0.29) is 11.3 Å². The Bertz CT molecular complexity index is 1740. The van der Waals surface area contributed by atoms with Crippen molar-refractivity contribution in [1.29, 1.82) is 0 Å². The van der Waals surface area contributed by atoms with Gasteiger partial charge in [-0.3, -0.25) is 14.9 Å². The molecule has 33 heavy (non-hydrogen) atoms. The average Bonchev–Trinajstić information content (AvgIpc) is 3.14. The third kappa shape index (κ3) is 3.54. The van der Waals surface area contributed by atoms with Crippen molar-refractivity contribution in [3.05, 3.63) is 104 Å². The number of allylic oxidation sites excluding steroid dienone is 1. The lowest BCUT2D eigenvalue weighted by Gasteiger charge is -2.04. The lowest BCUT2D eigenvalue weighted by molar-refractivity contribution is -0.384. The fraction of sp³-hybridized carbons (Fsp3) is 0.0417. The Morgan fingerprint density at radius 1 is 1.15 bits per heavy atom. The van der Waals surface area contributed by atoms with Gasteiger partial charge in [0.05, 0.1) is 15.1 Å². The van der Waals surface area contributed by atoms with Gasteiger partial charge in [-0.15, -0.1) is 6.58 Å². The number of rotatable bonds is 4. The van der Waals surface area contributed by atoms with Gasteiger partial charge in [0.2, 0.25) is 0 Å². The monoisotopic (exact) mass is 457 g/mol. The van der Waals surface area contributed by atoms with Crippen molar-refractivity contribution in [2.45, 2.75) is 6.54 Å². The Balaban J connectivity index is 1.70. The number of benzene rings is 3. The predicted molar refractivity (Wildman–Crippen MR) is 127 cm³/mol. The molecule has 0 atom stereocenters. The molecule has 0 aliphatic rings. The zero-order valence-corrected chi connectivity index (χ0v) is 17.9. The number of hydrogen-bond donors (Lipinski definition) is 0. The van der Waals surface area contributed by atoms with Gasteiger partial charge in [0.25, 0.3) is 11.6 Å². The number of aromatic nitrogens is 1. The van der Waals surface area contributed by atoms with Crippen LogP contribution in [0.4, 0.5) is 5.69 Å². The van der Waals surface area contributed by atoms with Crippen LogP contribution in [0, 0.1) is 10.1 Å². The van der Waals surface area contributed by atoms with Crippen molar-refractivity contribution in [3.8, 4) is 0 Å². The minimum absolute atomic E-state index is 0.0607. The molecule has 2 aromatic heterocycles. The highest BCUT2D eigenvalue weighted by Gasteiger charge is 2.17. The summed E-state index contributed by atoms with van der Waals surface area (Å²) in [4.78, 5) is 40.7. The molecule has 0 aliphatic carbocycles. The fourth-order valence-corrected chi connectivity index (χ4v) is 4.80. The van der Waals surface area contributed by atoms with Gasteiger partial charge in [-0.2, -0.15) is 4.99 Å². The molecule has 5 rings (SSSR count). The summed E-state index contributed by atoms with van der Waals surface area (Å²) in [6.45, 7) is 4.06. The summed E-state index contributed by atoms with van der Waals surface area (Å²) in [6.07, 6.45) is 1.63. The number of nitro benzene ring substituents is 1. The predicted octanol–water partition coefficient (Wildman–Crippen LogP) is 4.80. The quantitative estimate of drug-likeness (QED) is 0.127. The minimum atomic E-state index is -0.779. The van der Waals surface area contributed by atoms with Gasteiger partial charge < -0.3 is 8.98 Å². The summed E-state index contributed by atoms with van der Waals surface area (Å²) in [6, 6.07) is 17.1. The Morgan fingerprint density at radius 3 is 2.76 bits per heavy atom. The van der Waals surface area contributed by atoms with Crippen LogP contribution in [0.1, 0.15) is 10.4 Å². The lowest BCUT2D eigenvalue weighted by Crippen LogP contribution is -2.19. The Kier molecular flexibility index (Phi) is 4.95. The molecule has 0 unspecified atom stereocenters. The average molecular weight is 457 g/mol. The smallest absolute Gasteiger partial charge is 0.349 e. The van der Waals surface area contributed by atoms with E-state index in [0.29, 0.717) is 32.5 Å². The highest BCUT2D eigenvalue weighted by atomic mass is 32.1. The van der Waals surface area contributed by atoms with E-state index in [0.717, 1.165) is 22.1 Å². The molecule has 8 nitrogen and oxygen atoms in total. The van der Waals surface area contributed by atoms with Gasteiger partial charge in [0.15, 0.2) is 4.80 Å². The first-order valence-electron chi connectivity index (χ1n) is 9.89. The molecule has 0 radical (unpaired) electrons. The number of non-ortho nitro benzene ring substituents is 1. The van der Waals surface area contributed by atoms with Crippen LogP contribution < -0.4 is 10.4 Å². The van der Waals surface area contributed by atoms with Crippen LogP contribution in [0.5, 0.6) is 0 Å². The fourth-order valence-electron chi connectivity index (χ4n) is 3.73. The van der Waals surface area contributed by atoms with Crippen molar-refractivity contribution in [3.63, 3.8) is 0 Å². The maximum Gasteiger partial charge on any atom is 0.349 e. The molecule has 162 valence electrons. The molecule has 2 heterocycles. The van der Waals surface area contributed by atoms with Crippen LogP contribution >= 0.6 is 11.3 Å². The standard InChI is InChI=1S/C24H15N3O5S/c1-2-11-26-19-9-8-15(27(30)31)12-21(19)33-24(26)25-22(28)18-13-17-16-6-4-3-5-14(16)7-10-20(17)32-23(18)29/h2-10,12-13H,1,11H2. The van der Waals surface area contributed by atoms with E-state index < -0.39 is 16.5 Å². The molecule has 0 spiro atoms. The topological polar surface area (TPSA) is 108 Å². The third-order valence-electron chi connectivity index (χ3n) is 5.26. The zero-order chi connectivity index (χ0) is 23.1. The molecular formula is C24H15N3O5S. The normalized spacial score (nSPS) is 11.9. The van der Waals surface area contributed by atoms with E-state index in [4.69, 9.17) is 4.42 Å². The van der Waals surface area contributed by atoms with Crippen LogP contribution in [0.25, 0.3) is 32.0 Å². The van der Waals surface area contributed by atoms with E-state index in [1.54, 1.807) is 22.8 Å². The number of carbonyl (C=O) groups is 1. The first-order chi connectivity index (χ1) is 16.0. The Labute approximate surface area is 189 Å². The summed E-state index contributed by atoms with van der Waals surface area (Å²) < 4.78 is 7.71. The number of nitrogens with zero attached hydrogens (tertiary/aromatic N) is 3. The summed E-state index contributed by atoms with van der Waals surface area (Å²) >= 11 is 1.12. The molecule has 1 amide bonds. The Morgan fingerprint density at radius 2 is 1.97 bits per heavy atom. The molecule has 5 aromatic rings. The second-order valence-corrected chi connectivity index (χ2v) is 8.27. The highest BCUT2D eigenvalue weighted by molar-refractivity contribution is 7.16. The largest absolute Gasteiger partial charge is 0.422 e. The van der Waals surface area contributed by atoms with Gasteiger partial charge >= 0.3 is 5.63 Å². The first kappa shape index (κ1) is 20.5. The van der Waals surface area contributed by atoms with Crippen LogP contribution in [0.15, 0.2) is 87.5 Å². The van der Waals surface area contributed by atoms with Crippen LogP contribution in [0.3, 0.4) is 0 Å². The number of amides is 1. The summed E-state index contributed by atoms with van der Waals surface area (Å²) in [7, 11) is 0. The lowest BCUT2D eigenvalue weighted by atomic mass is 10.0. The molecule has 9 heteroatoms. The second kappa shape index (κ2) is 7.95. The van der Waals surface area contributed by atoms with Gasteiger partial charge in [0.1, 0.15) is 11.1 Å². The van der Waals surface area contributed by atoms with E-state index >= 15 is 0 Å². The molecular weight excluding hydrogens is 442 g/mol. The van der Waals surface area contributed by atoms with E-state index in [1.165, 1.54) is 18.2 Å². The molecule has 0 aliphatic heterocycles. The number of fused-ring (bicyclic) bond motifs is 4. The molecule has 0 saturated carbocycles. The number of thiazole rings is 1. The van der Waals surface area contributed by atoms with Gasteiger partial charge in [-0.05, 0) is 29.0 Å². The maximum absolute atomic E-state index is 13.1. The first-order valence-corrected chi connectivity index (χ1v) is 10.7. The number of nitro groups is 1. The van der Waals surface area contributed by atoms with Crippen molar-refractivity contribution in [1.82, 2.24) is 4.57 Å². The van der Waals surface area contributed by atoms with E-state index in [2.05, 4.69) is 11.6 Å². The van der Waals surface area contributed by atoms with Crippen molar-refractivity contribution in [2.24, 2.45) is 4.99 Å². The summed E-state index contributed by atoms with van der Waals surface area (Å²) in [5.74, 6) is -0.752. The third-order valence-corrected chi connectivity index (χ3v) is 6.30. The van der Waals surface area contributed by atoms with Gasteiger partial charge in [-0.25, -0.2) is 4.79 Å². The van der Waals surface area contributed by atoms with Crippen LogP contribution in [-0.2, 0) is 6.54 Å². The SMILES string of the molecule is C=CCn1c(=NC(=O)c2cc3c(ccc4ccccc43)oc2=O)sc2cc([N+](=O)[O-])ccc21. The number of hydrogen-bond acceptors (Lipinski definition) is 6.